The number of nitrogens with zero attached hydrogens (tertiary/aromatic N) is 1. The van der Waals surface area contributed by atoms with Crippen molar-refractivity contribution < 1.29 is 9.21 Å². The van der Waals surface area contributed by atoms with Gasteiger partial charge in [-0.15, -0.1) is 11.8 Å². The van der Waals surface area contributed by atoms with Crippen LogP contribution < -0.4 is 10.3 Å². The molecule has 0 saturated carbocycles. The van der Waals surface area contributed by atoms with Crippen molar-refractivity contribution in [2.24, 2.45) is 0 Å². The molecular formula is C26H20BrNO3S. The molecule has 5 rings (SSSR count). The summed E-state index contributed by atoms with van der Waals surface area (Å²) in [5, 5.41) is 0.501. The Hall–Kier alpha value is -2.83. The van der Waals surface area contributed by atoms with E-state index in [1.54, 1.807) is 16.7 Å². The monoisotopic (exact) mass is 505 g/mol. The number of carbonyl (C=O) groups excluding carboxylic acids is 1. The first-order valence-electron chi connectivity index (χ1n) is 10.2. The van der Waals surface area contributed by atoms with E-state index in [4.69, 9.17) is 4.42 Å². The SMILES string of the molecule is CSc1ccc(C2c3c(oc4cc(C)c(C)cc4c3=O)C(=O)N2c2cccc(Br)c2)cc1. The molecule has 1 atom stereocenters. The van der Waals surface area contributed by atoms with Crippen LogP contribution in [0.1, 0.15) is 38.9 Å². The Balaban J connectivity index is 1.81. The van der Waals surface area contributed by atoms with Crippen molar-refractivity contribution in [1.82, 2.24) is 0 Å². The zero-order valence-corrected chi connectivity index (χ0v) is 20.2. The molecule has 0 fully saturated rings. The molecule has 0 N–H and O–H groups in total. The zero-order chi connectivity index (χ0) is 22.6. The van der Waals surface area contributed by atoms with Crippen LogP contribution in [0, 0.1) is 13.8 Å². The smallest absolute Gasteiger partial charge is 0.295 e. The molecule has 4 nitrogen and oxygen atoms in total. The van der Waals surface area contributed by atoms with Crippen LogP contribution in [-0.2, 0) is 0 Å². The molecule has 2 heterocycles. The molecular weight excluding hydrogens is 486 g/mol. The largest absolute Gasteiger partial charge is 0.450 e. The van der Waals surface area contributed by atoms with Crippen LogP contribution >= 0.6 is 27.7 Å². The summed E-state index contributed by atoms with van der Waals surface area (Å²) in [5.74, 6) is -0.195. The maximum Gasteiger partial charge on any atom is 0.295 e. The van der Waals surface area contributed by atoms with Crippen molar-refractivity contribution in [2.75, 3.05) is 11.2 Å². The van der Waals surface area contributed by atoms with E-state index in [9.17, 15) is 9.59 Å². The molecule has 0 saturated heterocycles. The number of amides is 1. The Morgan fingerprint density at radius 3 is 2.38 bits per heavy atom. The molecule has 6 heteroatoms. The van der Waals surface area contributed by atoms with Crippen molar-refractivity contribution in [3.05, 3.63) is 103 Å². The molecule has 1 amide bonds. The summed E-state index contributed by atoms with van der Waals surface area (Å²) in [6.45, 7) is 3.94. The number of anilines is 1. The fraction of sp³-hybridized carbons (Fsp3) is 0.154. The second kappa shape index (κ2) is 7.94. The maximum absolute atomic E-state index is 13.7. The van der Waals surface area contributed by atoms with Gasteiger partial charge in [0.05, 0.1) is 17.0 Å². The number of halogens is 1. The van der Waals surface area contributed by atoms with Crippen LogP contribution in [0.25, 0.3) is 11.0 Å². The third kappa shape index (κ3) is 3.29. The van der Waals surface area contributed by atoms with Gasteiger partial charge in [-0.3, -0.25) is 14.5 Å². The fourth-order valence-electron chi connectivity index (χ4n) is 4.22. The molecule has 32 heavy (non-hydrogen) atoms. The predicted molar refractivity (Wildman–Crippen MR) is 133 cm³/mol. The Morgan fingerprint density at radius 1 is 0.969 bits per heavy atom. The normalized spacial score (nSPS) is 15.4. The van der Waals surface area contributed by atoms with Crippen LogP contribution in [0.5, 0.6) is 0 Å². The van der Waals surface area contributed by atoms with Crippen LogP contribution in [-0.4, -0.2) is 12.2 Å². The van der Waals surface area contributed by atoms with Gasteiger partial charge in [0, 0.05) is 15.1 Å². The fourth-order valence-corrected chi connectivity index (χ4v) is 5.02. The van der Waals surface area contributed by atoms with Crippen LogP contribution in [0.3, 0.4) is 0 Å². The Bertz CT molecular complexity index is 1440. The lowest BCUT2D eigenvalue weighted by atomic mass is 9.97. The minimum atomic E-state index is -0.565. The Kier molecular flexibility index (Phi) is 5.22. The van der Waals surface area contributed by atoms with Gasteiger partial charge in [0.25, 0.3) is 5.91 Å². The van der Waals surface area contributed by atoms with Crippen LogP contribution in [0.2, 0.25) is 0 Å². The second-order valence-corrected chi connectivity index (χ2v) is 9.73. The third-order valence-corrected chi connectivity index (χ3v) is 7.24. The molecule has 0 aliphatic carbocycles. The lowest BCUT2D eigenvalue weighted by Gasteiger charge is -2.25. The molecule has 1 aliphatic heterocycles. The molecule has 0 spiro atoms. The summed E-state index contributed by atoms with van der Waals surface area (Å²) >= 11 is 5.15. The molecule has 1 aromatic heterocycles. The summed E-state index contributed by atoms with van der Waals surface area (Å²) in [5.41, 5.74) is 4.27. The average molecular weight is 506 g/mol. The number of rotatable bonds is 3. The minimum Gasteiger partial charge on any atom is -0.450 e. The first-order chi connectivity index (χ1) is 15.4. The Morgan fingerprint density at radius 2 is 1.69 bits per heavy atom. The van der Waals surface area contributed by atoms with E-state index in [1.165, 1.54) is 0 Å². The van der Waals surface area contributed by atoms with Crippen molar-refractivity contribution in [3.63, 3.8) is 0 Å². The number of benzene rings is 3. The Labute approximate surface area is 198 Å². The number of thioether (sulfide) groups is 1. The molecule has 1 unspecified atom stereocenters. The molecule has 0 radical (unpaired) electrons. The van der Waals surface area contributed by atoms with E-state index < -0.39 is 6.04 Å². The summed E-state index contributed by atoms with van der Waals surface area (Å²) < 4.78 is 6.96. The van der Waals surface area contributed by atoms with E-state index in [-0.39, 0.29) is 17.1 Å². The van der Waals surface area contributed by atoms with E-state index in [2.05, 4.69) is 15.9 Å². The zero-order valence-electron chi connectivity index (χ0n) is 17.8. The topological polar surface area (TPSA) is 50.5 Å². The average Bonchev–Trinajstić information content (AvgIpc) is 3.08. The standard InChI is InChI=1S/C26H20BrNO3S/c1-14-11-20-21(12-15(14)2)31-25-22(24(20)29)23(16-7-9-19(32-3)10-8-16)28(26(25)30)18-6-4-5-17(27)13-18/h4-13,23H,1-3H3. The summed E-state index contributed by atoms with van der Waals surface area (Å²) in [7, 11) is 0. The van der Waals surface area contributed by atoms with Gasteiger partial charge in [0.15, 0.2) is 5.43 Å². The lowest BCUT2D eigenvalue weighted by Crippen LogP contribution is -2.29. The number of hydrogen-bond donors (Lipinski definition) is 0. The predicted octanol–water partition coefficient (Wildman–Crippen LogP) is 6.64. The van der Waals surface area contributed by atoms with Crippen LogP contribution in [0.4, 0.5) is 5.69 Å². The van der Waals surface area contributed by atoms with Gasteiger partial charge in [0.1, 0.15) is 5.58 Å². The summed E-state index contributed by atoms with van der Waals surface area (Å²) in [4.78, 5) is 30.1. The molecule has 0 bridgehead atoms. The molecule has 3 aromatic carbocycles. The molecule has 160 valence electrons. The van der Waals surface area contributed by atoms with Crippen molar-refractivity contribution in [2.45, 2.75) is 24.8 Å². The van der Waals surface area contributed by atoms with E-state index in [0.29, 0.717) is 22.2 Å². The highest BCUT2D eigenvalue weighted by molar-refractivity contribution is 9.10. The third-order valence-electron chi connectivity index (χ3n) is 6.00. The van der Waals surface area contributed by atoms with Crippen molar-refractivity contribution in [1.29, 1.82) is 0 Å². The molecule has 1 aliphatic rings. The van der Waals surface area contributed by atoms with Crippen molar-refractivity contribution in [3.8, 4) is 0 Å². The highest BCUT2D eigenvalue weighted by atomic mass is 79.9. The molecule has 4 aromatic rings. The maximum atomic E-state index is 13.7. The van der Waals surface area contributed by atoms with Gasteiger partial charge in [-0.1, -0.05) is 34.1 Å². The number of carbonyl (C=O) groups is 1. The number of hydrogen-bond acceptors (Lipinski definition) is 4. The highest BCUT2D eigenvalue weighted by Gasteiger charge is 2.43. The van der Waals surface area contributed by atoms with Crippen LogP contribution in [0.15, 0.2) is 79.2 Å². The van der Waals surface area contributed by atoms with Crippen molar-refractivity contribution >= 4 is 50.3 Å². The van der Waals surface area contributed by atoms with E-state index in [1.807, 2.05) is 80.8 Å². The van der Waals surface area contributed by atoms with E-state index in [0.717, 1.165) is 26.1 Å². The lowest BCUT2D eigenvalue weighted by molar-refractivity contribution is 0.0971. The van der Waals surface area contributed by atoms with E-state index >= 15 is 0 Å². The van der Waals surface area contributed by atoms with Gasteiger partial charge in [-0.2, -0.15) is 0 Å². The number of fused-ring (bicyclic) bond motifs is 2. The first-order valence-corrected chi connectivity index (χ1v) is 12.2. The minimum absolute atomic E-state index is 0.115. The van der Waals surface area contributed by atoms with Gasteiger partial charge >= 0.3 is 0 Å². The number of aryl methyl sites for hydroxylation is 2. The second-order valence-electron chi connectivity index (χ2n) is 7.94. The quantitative estimate of drug-likeness (QED) is 0.292. The summed E-state index contributed by atoms with van der Waals surface area (Å²) in [6.07, 6.45) is 2.02. The van der Waals surface area contributed by atoms with Gasteiger partial charge in [0.2, 0.25) is 5.76 Å². The summed E-state index contributed by atoms with van der Waals surface area (Å²) in [6, 6.07) is 18.6. The van der Waals surface area contributed by atoms with Gasteiger partial charge in [-0.25, -0.2) is 0 Å². The van der Waals surface area contributed by atoms with Gasteiger partial charge < -0.3 is 4.42 Å². The first kappa shape index (κ1) is 21.0. The highest BCUT2D eigenvalue weighted by Crippen LogP contribution is 2.42. The van der Waals surface area contributed by atoms with Gasteiger partial charge in [-0.05, 0) is 79.3 Å².